The Labute approximate surface area is 126 Å². The Hall–Kier alpha value is -0.120. The topological polar surface area (TPSA) is 18.5 Å². The van der Waals surface area contributed by atoms with Crippen molar-refractivity contribution in [2.45, 2.75) is 59.0 Å². The van der Waals surface area contributed by atoms with E-state index in [4.69, 9.17) is 0 Å². The van der Waals surface area contributed by atoms with Crippen LogP contribution in [0.4, 0.5) is 0 Å². The first-order valence-electron chi connectivity index (χ1n) is 8.78. The molecule has 3 heteroatoms. The van der Waals surface area contributed by atoms with Crippen LogP contribution in [0, 0.1) is 11.8 Å². The molecule has 20 heavy (non-hydrogen) atoms. The first kappa shape index (κ1) is 16.3. The van der Waals surface area contributed by atoms with E-state index >= 15 is 0 Å². The lowest BCUT2D eigenvalue weighted by atomic mass is 10.0. The summed E-state index contributed by atoms with van der Waals surface area (Å²) in [6.45, 7) is 17.1. The van der Waals surface area contributed by atoms with Crippen LogP contribution >= 0.6 is 0 Å². The van der Waals surface area contributed by atoms with Gasteiger partial charge in [0.15, 0.2) is 0 Å². The highest BCUT2D eigenvalue weighted by atomic mass is 15.2. The Kier molecular flexibility index (Phi) is 6.31. The summed E-state index contributed by atoms with van der Waals surface area (Å²) in [5.41, 5.74) is 0. The summed E-state index contributed by atoms with van der Waals surface area (Å²) in [5, 5.41) is 3.72. The molecule has 0 saturated carbocycles. The van der Waals surface area contributed by atoms with Gasteiger partial charge < -0.3 is 15.1 Å². The highest BCUT2D eigenvalue weighted by molar-refractivity contribution is 4.82. The largest absolute Gasteiger partial charge is 0.314 e. The van der Waals surface area contributed by atoms with E-state index in [1.54, 1.807) is 0 Å². The van der Waals surface area contributed by atoms with Gasteiger partial charge in [-0.3, -0.25) is 0 Å². The number of likely N-dealkylation sites (tertiary alicyclic amines) is 1. The third-order valence-electron chi connectivity index (χ3n) is 5.18. The number of nitrogens with one attached hydrogen (secondary N) is 1. The molecule has 3 atom stereocenters. The lowest BCUT2D eigenvalue weighted by Gasteiger charge is -2.33. The van der Waals surface area contributed by atoms with Gasteiger partial charge in [0.2, 0.25) is 0 Å². The molecule has 0 radical (unpaired) electrons. The standard InChI is InChI=1S/C17H35N3/c1-5-17-7-8-19(11-15(4)10-18-17)12-16-6-9-20(13-16)14(2)3/h14-18H,5-13H2,1-4H3. The Bertz CT molecular complexity index is 279. The number of hydrogen-bond acceptors (Lipinski definition) is 3. The summed E-state index contributed by atoms with van der Waals surface area (Å²) < 4.78 is 0. The zero-order valence-corrected chi connectivity index (χ0v) is 14.1. The van der Waals surface area contributed by atoms with Crippen LogP contribution in [0.5, 0.6) is 0 Å². The molecule has 0 spiro atoms. The number of hydrogen-bond donors (Lipinski definition) is 1. The average Bonchev–Trinajstić information content (AvgIpc) is 2.85. The van der Waals surface area contributed by atoms with E-state index in [0.29, 0.717) is 0 Å². The molecule has 1 N–H and O–H groups in total. The van der Waals surface area contributed by atoms with Crippen LogP contribution < -0.4 is 5.32 Å². The highest BCUT2D eigenvalue weighted by Gasteiger charge is 2.27. The quantitative estimate of drug-likeness (QED) is 0.854. The van der Waals surface area contributed by atoms with E-state index in [9.17, 15) is 0 Å². The summed E-state index contributed by atoms with van der Waals surface area (Å²) in [4.78, 5) is 5.40. The zero-order valence-electron chi connectivity index (χ0n) is 14.1. The third kappa shape index (κ3) is 4.71. The van der Waals surface area contributed by atoms with Crippen LogP contribution in [0.25, 0.3) is 0 Å². The molecule has 0 aliphatic carbocycles. The van der Waals surface area contributed by atoms with E-state index in [0.717, 1.165) is 23.9 Å². The van der Waals surface area contributed by atoms with Gasteiger partial charge >= 0.3 is 0 Å². The van der Waals surface area contributed by atoms with Gasteiger partial charge in [-0.25, -0.2) is 0 Å². The van der Waals surface area contributed by atoms with Crippen LogP contribution in [0.15, 0.2) is 0 Å². The second-order valence-electron chi connectivity index (χ2n) is 7.41. The Morgan fingerprint density at radius 2 is 1.95 bits per heavy atom. The molecule has 2 heterocycles. The molecule has 2 rings (SSSR count). The minimum Gasteiger partial charge on any atom is -0.314 e. The molecule has 0 aromatic heterocycles. The van der Waals surface area contributed by atoms with Crippen molar-refractivity contribution in [2.24, 2.45) is 11.8 Å². The predicted octanol–water partition coefficient (Wildman–Crippen LogP) is 2.43. The summed E-state index contributed by atoms with van der Waals surface area (Å²) in [7, 11) is 0. The summed E-state index contributed by atoms with van der Waals surface area (Å²) in [6.07, 6.45) is 3.99. The molecule has 118 valence electrons. The normalized spacial score (nSPS) is 34.4. The highest BCUT2D eigenvalue weighted by Crippen LogP contribution is 2.21. The first-order valence-corrected chi connectivity index (χ1v) is 8.78. The smallest absolute Gasteiger partial charge is 0.00767 e. The fraction of sp³-hybridized carbons (Fsp3) is 1.00. The lowest BCUT2D eigenvalue weighted by molar-refractivity contribution is 0.168. The van der Waals surface area contributed by atoms with E-state index in [2.05, 4.69) is 42.8 Å². The third-order valence-corrected chi connectivity index (χ3v) is 5.18. The van der Waals surface area contributed by atoms with E-state index in [-0.39, 0.29) is 0 Å². The van der Waals surface area contributed by atoms with Crippen LogP contribution in [0.1, 0.15) is 47.0 Å². The Morgan fingerprint density at radius 3 is 2.60 bits per heavy atom. The molecule has 2 aliphatic rings. The predicted molar refractivity (Wildman–Crippen MR) is 87.1 cm³/mol. The summed E-state index contributed by atoms with van der Waals surface area (Å²) in [5.74, 6) is 1.68. The van der Waals surface area contributed by atoms with Gasteiger partial charge in [-0.2, -0.15) is 0 Å². The van der Waals surface area contributed by atoms with Gasteiger partial charge in [-0.1, -0.05) is 13.8 Å². The molecule has 0 aromatic rings. The average molecular weight is 281 g/mol. The second kappa shape index (κ2) is 7.77. The van der Waals surface area contributed by atoms with Crippen LogP contribution in [0.2, 0.25) is 0 Å². The van der Waals surface area contributed by atoms with Gasteiger partial charge in [-0.05, 0) is 64.6 Å². The van der Waals surface area contributed by atoms with E-state index in [1.807, 2.05) is 0 Å². The maximum Gasteiger partial charge on any atom is 0.00767 e. The molecule has 3 nitrogen and oxygen atoms in total. The Morgan fingerprint density at radius 1 is 1.15 bits per heavy atom. The van der Waals surface area contributed by atoms with Gasteiger partial charge in [0.1, 0.15) is 0 Å². The monoisotopic (exact) mass is 281 g/mol. The van der Waals surface area contributed by atoms with Gasteiger partial charge in [0, 0.05) is 31.7 Å². The SMILES string of the molecule is CCC1CCN(CC2CCN(C(C)C)C2)CC(C)CN1. The van der Waals surface area contributed by atoms with Crippen molar-refractivity contribution in [3.8, 4) is 0 Å². The molecule has 2 aliphatic heterocycles. The molecule has 3 unspecified atom stereocenters. The number of nitrogens with zero attached hydrogens (tertiary/aromatic N) is 2. The van der Waals surface area contributed by atoms with Crippen molar-refractivity contribution < 1.29 is 0 Å². The van der Waals surface area contributed by atoms with Crippen molar-refractivity contribution in [1.29, 1.82) is 0 Å². The fourth-order valence-electron chi connectivity index (χ4n) is 3.77. The van der Waals surface area contributed by atoms with Crippen molar-refractivity contribution in [1.82, 2.24) is 15.1 Å². The van der Waals surface area contributed by atoms with Crippen LogP contribution in [-0.4, -0.2) is 61.2 Å². The molecule has 0 aromatic carbocycles. The summed E-state index contributed by atoms with van der Waals surface area (Å²) >= 11 is 0. The van der Waals surface area contributed by atoms with Crippen LogP contribution in [-0.2, 0) is 0 Å². The first-order chi connectivity index (χ1) is 9.58. The van der Waals surface area contributed by atoms with E-state index < -0.39 is 0 Å². The summed E-state index contributed by atoms with van der Waals surface area (Å²) in [6, 6.07) is 1.45. The van der Waals surface area contributed by atoms with Crippen molar-refractivity contribution in [3.63, 3.8) is 0 Å². The van der Waals surface area contributed by atoms with Crippen LogP contribution in [0.3, 0.4) is 0 Å². The van der Waals surface area contributed by atoms with Gasteiger partial charge in [-0.15, -0.1) is 0 Å². The molecule has 0 bridgehead atoms. The lowest BCUT2D eigenvalue weighted by Crippen LogP contribution is -2.45. The minimum atomic E-state index is 0.722. The van der Waals surface area contributed by atoms with E-state index in [1.165, 1.54) is 58.5 Å². The fourth-order valence-corrected chi connectivity index (χ4v) is 3.77. The van der Waals surface area contributed by atoms with Crippen molar-refractivity contribution in [2.75, 3.05) is 39.3 Å². The zero-order chi connectivity index (χ0) is 14.5. The number of rotatable bonds is 4. The van der Waals surface area contributed by atoms with Crippen molar-refractivity contribution >= 4 is 0 Å². The maximum absolute atomic E-state index is 3.72. The molecular formula is C17H35N3. The van der Waals surface area contributed by atoms with Crippen molar-refractivity contribution in [3.05, 3.63) is 0 Å². The molecular weight excluding hydrogens is 246 g/mol. The van der Waals surface area contributed by atoms with Gasteiger partial charge in [0.25, 0.3) is 0 Å². The minimum absolute atomic E-state index is 0.722. The molecule has 0 amide bonds. The van der Waals surface area contributed by atoms with Gasteiger partial charge in [0.05, 0.1) is 0 Å². The molecule has 2 fully saturated rings. The second-order valence-corrected chi connectivity index (χ2v) is 7.41. The molecule has 2 saturated heterocycles. The maximum atomic E-state index is 3.72. The Balaban J connectivity index is 1.81.